The highest BCUT2D eigenvalue weighted by molar-refractivity contribution is 7.99. The SMILES string of the molecule is NCCCSCCCCF. The van der Waals surface area contributed by atoms with Gasteiger partial charge in [0.25, 0.3) is 0 Å². The van der Waals surface area contributed by atoms with Crippen LogP contribution < -0.4 is 5.73 Å². The van der Waals surface area contributed by atoms with E-state index in [-0.39, 0.29) is 6.67 Å². The molecule has 0 atom stereocenters. The van der Waals surface area contributed by atoms with Gasteiger partial charge in [-0.3, -0.25) is 4.39 Å². The lowest BCUT2D eigenvalue weighted by molar-refractivity contribution is 0.470. The van der Waals surface area contributed by atoms with Crippen molar-refractivity contribution >= 4 is 11.8 Å². The van der Waals surface area contributed by atoms with Crippen LogP contribution >= 0.6 is 11.8 Å². The normalized spacial score (nSPS) is 10.2. The Balaban J connectivity index is 2.65. The van der Waals surface area contributed by atoms with E-state index in [1.54, 1.807) is 0 Å². The van der Waals surface area contributed by atoms with Crippen molar-refractivity contribution < 1.29 is 4.39 Å². The maximum absolute atomic E-state index is 11.5. The molecule has 0 aliphatic heterocycles. The molecular formula is C7H16FNS. The minimum atomic E-state index is -0.169. The summed E-state index contributed by atoms with van der Waals surface area (Å²) in [7, 11) is 0. The van der Waals surface area contributed by atoms with E-state index < -0.39 is 0 Å². The number of halogens is 1. The van der Waals surface area contributed by atoms with Gasteiger partial charge in [-0.2, -0.15) is 11.8 Å². The summed E-state index contributed by atoms with van der Waals surface area (Å²) in [5.74, 6) is 2.21. The third-order valence-electron chi connectivity index (χ3n) is 1.17. The molecule has 0 unspecified atom stereocenters. The van der Waals surface area contributed by atoms with E-state index in [9.17, 15) is 4.39 Å². The molecule has 0 saturated carbocycles. The number of rotatable bonds is 7. The molecule has 3 heteroatoms. The van der Waals surface area contributed by atoms with Gasteiger partial charge in [-0.05, 0) is 37.3 Å². The van der Waals surface area contributed by atoms with Crippen molar-refractivity contribution in [3.8, 4) is 0 Å². The maximum atomic E-state index is 11.5. The van der Waals surface area contributed by atoms with Gasteiger partial charge in [0.05, 0.1) is 6.67 Å². The Hall–Kier alpha value is 0.240. The van der Waals surface area contributed by atoms with Crippen LogP contribution in [0.15, 0.2) is 0 Å². The van der Waals surface area contributed by atoms with Crippen LogP contribution in [-0.4, -0.2) is 24.7 Å². The van der Waals surface area contributed by atoms with Crippen molar-refractivity contribution in [2.24, 2.45) is 5.73 Å². The average Bonchev–Trinajstić information content (AvgIpc) is 1.97. The quantitative estimate of drug-likeness (QED) is 0.582. The summed E-state index contributed by atoms with van der Waals surface area (Å²) in [5, 5.41) is 0. The molecule has 0 aromatic rings. The van der Waals surface area contributed by atoms with Crippen LogP contribution in [0, 0.1) is 0 Å². The van der Waals surface area contributed by atoms with E-state index >= 15 is 0 Å². The van der Waals surface area contributed by atoms with E-state index in [1.165, 1.54) is 0 Å². The van der Waals surface area contributed by atoms with Crippen molar-refractivity contribution in [2.45, 2.75) is 19.3 Å². The average molecular weight is 165 g/mol. The second kappa shape index (κ2) is 9.24. The zero-order valence-electron chi connectivity index (χ0n) is 6.31. The molecule has 0 aromatic carbocycles. The predicted octanol–water partition coefficient (Wildman–Crippen LogP) is 1.82. The van der Waals surface area contributed by atoms with Crippen molar-refractivity contribution in [2.75, 3.05) is 24.7 Å². The van der Waals surface area contributed by atoms with Gasteiger partial charge in [-0.1, -0.05) is 0 Å². The number of thioether (sulfide) groups is 1. The van der Waals surface area contributed by atoms with Crippen molar-refractivity contribution in [3.05, 3.63) is 0 Å². The third kappa shape index (κ3) is 8.24. The smallest absolute Gasteiger partial charge is 0.0894 e. The lowest BCUT2D eigenvalue weighted by Crippen LogP contribution is -1.99. The number of unbranched alkanes of at least 4 members (excludes halogenated alkanes) is 1. The Kier molecular flexibility index (Phi) is 9.46. The molecule has 0 radical (unpaired) electrons. The summed E-state index contributed by atoms with van der Waals surface area (Å²) in [6.45, 7) is 0.605. The first-order valence-corrected chi connectivity index (χ1v) is 4.91. The Bertz CT molecular complexity index is 53.6. The molecule has 0 saturated heterocycles. The van der Waals surface area contributed by atoms with Crippen LogP contribution in [0.1, 0.15) is 19.3 Å². The molecule has 2 N–H and O–H groups in total. The van der Waals surface area contributed by atoms with Gasteiger partial charge in [0.2, 0.25) is 0 Å². The maximum Gasteiger partial charge on any atom is 0.0894 e. The summed E-state index contributed by atoms with van der Waals surface area (Å²) < 4.78 is 11.5. The summed E-state index contributed by atoms with van der Waals surface area (Å²) in [4.78, 5) is 0. The van der Waals surface area contributed by atoms with Gasteiger partial charge in [0, 0.05) is 0 Å². The number of nitrogens with two attached hydrogens (primary N) is 1. The molecule has 62 valence electrons. The zero-order chi connectivity index (χ0) is 7.66. The first kappa shape index (κ1) is 10.2. The number of hydrogen-bond acceptors (Lipinski definition) is 2. The van der Waals surface area contributed by atoms with Gasteiger partial charge in [-0.15, -0.1) is 0 Å². The monoisotopic (exact) mass is 165 g/mol. The van der Waals surface area contributed by atoms with Crippen LogP contribution in [0.4, 0.5) is 4.39 Å². The second-order valence-electron chi connectivity index (χ2n) is 2.15. The molecule has 0 aromatic heterocycles. The van der Waals surface area contributed by atoms with E-state index in [0.29, 0.717) is 0 Å². The first-order valence-electron chi connectivity index (χ1n) is 3.75. The van der Waals surface area contributed by atoms with Crippen LogP contribution in [0.25, 0.3) is 0 Å². The molecule has 0 heterocycles. The molecule has 0 aliphatic carbocycles. The van der Waals surface area contributed by atoms with Gasteiger partial charge >= 0.3 is 0 Å². The molecule has 0 bridgehead atoms. The lowest BCUT2D eigenvalue weighted by atomic mass is 10.4. The Morgan fingerprint density at radius 1 is 1.10 bits per heavy atom. The highest BCUT2D eigenvalue weighted by atomic mass is 32.2. The Morgan fingerprint density at radius 3 is 2.40 bits per heavy atom. The van der Waals surface area contributed by atoms with Crippen molar-refractivity contribution in [1.82, 2.24) is 0 Å². The van der Waals surface area contributed by atoms with E-state index in [0.717, 1.165) is 37.3 Å². The predicted molar refractivity (Wildman–Crippen MR) is 46.2 cm³/mol. The third-order valence-corrected chi connectivity index (χ3v) is 2.32. The number of hydrogen-bond donors (Lipinski definition) is 1. The highest BCUT2D eigenvalue weighted by Gasteiger charge is 1.88. The van der Waals surface area contributed by atoms with Crippen molar-refractivity contribution in [3.63, 3.8) is 0 Å². The van der Waals surface area contributed by atoms with Gasteiger partial charge < -0.3 is 5.73 Å². The van der Waals surface area contributed by atoms with Crippen LogP contribution in [0.3, 0.4) is 0 Å². The molecule has 10 heavy (non-hydrogen) atoms. The molecular weight excluding hydrogens is 149 g/mol. The summed E-state index contributed by atoms with van der Waals surface area (Å²) in [6, 6.07) is 0. The summed E-state index contributed by atoms with van der Waals surface area (Å²) in [6.07, 6.45) is 2.81. The number of alkyl halides is 1. The summed E-state index contributed by atoms with van der Waals surface area (Å²) in [5.41, 5.74) is 5.30. The fourth-order valence-corrected chi connectivity index (χ4v) is 1.57. The highest BCUT2D eigenvalue weighted by Crippen LogP contribution is 2.05. The fourth-order valence-electron chi connectivity index (χ4n) is 0.586. The van der Waals surface area contributed by atoms with Crippen LogP contribution in [0.5, 0.6) is 0 Å². The minimum Gasteiger partial charge on any atom is -0.330 e. The van der Waals surface area contributed by atoms with Gasteiger partial charge in [0.1, 0.15) is 0 Å². The van der Waals surface area contributed by atoms with Gasteiger partial charge in [0.15, 0.2) is 0 Å². The Morgan fingerprint density at radius 2 is 1.80 bits per heavy atom. The molecule has 0 rings (SSSR count). The molecule has 1 nitrogen and oxygen atoms in total. The molecule has 0 fully saturated rings. The Labute approximate surface area is 66.6 Å². The van der Waals surface area contributed by atoms with E-state index in [1.807, 2.05) is 11.8 Å². The first-order chi connectivity index (χ1) is 4.91. The lowest BCUT2D eigenvalue weighted by Gasteiger charge is -1.97. The minimum absolute atomic E-state index is 0.169. The molecule has 0 spiro atoms. The molecule has 0 aliphatic rings. The van der Waals surface area contributed by atoms with Crippen molar-refractivity contribution in [1.29, 1.82) is 0 Å². The molecule has 0 amide bonds. The van der Waals surface area contributed by atoms with E-state index in [2.05, 4.69) is 0 Å². The second-order valence-corrected chi connectivity index (χ2v) is 3.38. The standard InChI is InChI=1S/C7H16FNS/c8-4-1-2-6-10-7-3-5-9/h1-7,9H2. The van der Waals surface area contributed by atoms with E-state index in [4.69, 9.17) is 5.73 Å². The topological polar surface area (TPSA) is 26.0 Å². The van der Waals surface area contributed by atoms with Crippen LogP contribution in [-0.2, 0) is 0 Å². The largest absolute Gasteiger partial charge is 0.330 e. The zero-order valence-corrected chi connectivity index (χ0v) is 7.13. The fraction of sp³-hybridized carbons (Fsp3) is 1.00. The van der Waals surface area contributed by atoms with Crippen LogP contribution in [0.2, 0.25) is 0 Å². The summed E-state index contributed by atoms with van der Waals surface area (Å²) >= 11 is 1.87. The van der Waals surface area contributed by atoms with Gasteiger partial charge in [-0.25, -0.2) is 0 Å².